The number of aliphatic carboxylic acids is 4. The lowest BCUT2D eigenvalue weighted by Crippen LogP contribution is -2.61. The molecule has 0 radical (unpaired) electrons. The largest absolute Gasteiger partial charge is 0.508 e. The number of phenolic OH excluding ortho intramolecular Hbond substituents is 1. The number of hydrogen-bond acceptors (Lipinski definition) is 32. The summed E-state index contributed by atoms with van der Waals surface area (Å²) in [4.78, 5) is 321. The zero-order valence-electron chi connectivity index (χ0n) is 83.1. The summed E-state index contributed by atoms with van der Waals surface area (Å²) in [6.45, 7) is 6.43. The number of carbonyl (C=O) groups is 22. The van der Waals surface area contributed by atoms with Crippen molar-refractivity contribution < 1.29 is 131 Å². The molecule has 14 atom stereocenters. The van der Waals surface area contributed by atoms with Crippen LogP contribution in [0.1, 0.15) is 165 Å². The Bertz CT molecular complexity index is 6270. The van der Waals surface area contributed by atoms with Crippen molar-refractivity contribution in [2.24, 2.45) is 55.8 Å². The third-order valence-corrected chi connectivity index (χ3v) is 27.9. The molecule has 0 saturated carbocycles. The van der Waals surface area contributed by atoms with E-state index in [-0.39, 0.29) is 80.5 Å². The highest BCUT2D eigenvalue weighted by molar-refractivity contribution is 7.99. The molecule has 150 heavy (non-hydrogen) atoms. The Morgan fingerprint density at radius 2 is 0.807 bits per heavy atom. The first-order valence-corrected chi connectivity index (χ1v) is 50.8. The number of hydrogen-bond donors (Lipinski definition) is 18. The van der Waals surface area contributed by atoms with E-state index in [0.717, 1.165) is 71.0 Å². The van der Waals surface area contributed by atoms with Crippen molar-refractivity contribution in [1.82, 2.24) is 118 Å². The Morgan fingerprint density at radius 3 is 1.29 bits per heavy atom. The number of ketones is 2. The molecule has 7 aromatic rings. The van der Waals surface area contributed by atoms with Gasteiger partial charge in [0.2, 0.25) is 76.8 Å². The molecular formula is C95H119N25O27S3. The van der Waals surface area contributed by atoms with Crippen LogP contribution in [0.15, 0.2) is 97.1 Å². The summed E-state index contributed by atoms with van der Waals surface area (Å²) in [6.07, 6.45) is -9.75. The molecule has 52 nitrogen and oxygen atoms in total. The fraction of sp³-hybridized carbons (Fsp3) is 0.474. The van der Waals surface area contributed by atoms with Crippen LogP contribution < -0.4 is 70.0 Å². The molecule has 1 saturated heterocycles. The van der Waals surface area contributed by atoms with Crippen LogP contribution in [0.5, 0.6) is 5.75 Å². The molecule has 0 spiro atoms. The average molecular weight is 2140 g/mol. The normalized spacial score (nSPS) is 23.4. The van der Waals surface area contributed by atoms with E-state index >= 15 is 52.7 Å². The number of carboxylic acids is 4. The quantitative estimate of drug-likeness (QED) is 0.0390. The Labute approximate surface area is 869 Å². The van der Waals surface area contributed by atoms with Crippen molar-refractivity contribution in [1.29, 1.82) is 0 Å². The summed E-state index contributed by atoms with van der Waals surface area (Å²) >= 11 is 2.73. The van der Waals surface area contributed by atoms with Gasteiger partial charge in [0.15, 0.2) is 11.6 Å². The first-order chi connectivity index (χ1) is 70.9. The molecular weight excluding hydrogens is 2020 g/mol. The van der Waals surface area contributed by atoms with Gasteiger partial charge in [-0.1, -0.05) is 128 Å². The number of nitrogens with two attached hydrogens (primary N) is 2. The number of primary amides is 2. The summed E-state index contributed by atoms with van der Waals surface area (Å²) < 4.78 is 3.22. The Kier molecular flexibility index (Phi) is 41.1. The molecule has 55 heteroatoms. The zero-order chi connectivity index (χ0) is 110. The van der Waals surface area contributed by atoms with Gasteiger partial charge < -0.3 is 110 Å². The number of carbonyl (C=O) groups excluding carboxylic acids is 18. The molecule has 6 heterocycles. The Morgan fingerprint density at radius 1 is 0.400 bits per heavy atom. The number of aromatic hydroxyl groups is 1. The SMILES string of the molecule is C[C@H]1CSCc2nnn(C)c2C(=O)N2CN3CN(C2)C(=O)c2c(nnn2C)CSC[C@@H](NC(=O)[C@@H](C)NC(=O)[C@H](Cc2cccc4ccccc24)CC(=O)[C@H](CCC(=O)O)NC(=O)[C@H](CC(N)=O)NC(=O)[C@@H](C)NC1=O)C(=O)N[C@@H](CCC(=O)O)C(=O)N[C@@H](CC(=O)O)C(=O)N[C@@H](Cc1ccccc1)C(=O)N[C@@H](Cc1ccc(O)cc1)C(=O)N[C@@H](CC(=O)O)C(=O)N[C@@H](C(C)(C)C)C(=O)C[C@H](C(N)=O)CSCc1nnn(C)c1C3=O. The van der Waals surface area contributed by atoms with Crippen molar-refractivity contribution in [2.75, 3.05) is 37.3 Å². The topological polar surface area (TPSA) is 763 Å². The lowest BCUT2D eigenvalue weighted by atomic mass is 9.81. The van der Waals surface area contributed by atoms with Crippen molar-refractivity contribution in [3.05, 3.63) is 148 Å². The highest BCUT2D eigenvalue weighted by Gasteiger charge is 2.45. The number of thioether (sulfide) groups is 3. The van der Waals surface area contributed by atoms with Crippen LogP contribution in [-0.2, 0) is 149 Å². The predicted molar refractivity (Wildman–Crippen MR) is 533 cm³/mol. The highest BCUT2D eigenvalue weighted by Crippen LogP contribution is 2.31. The number of phenols is 1. The van der Waals surface area contributed by atoms with E-state index in [2.05, 4.69) is 89.4 Å². The van der Waals surface area contributed by atoms with Crippen LogP contribution in [0.25, 0.3) is 10.8 Å². The Balaban J connectivity index is 1.10. The van der Waals surface area contributed by atoms with E-state index < -0.39 is 322 Å². The number of aromatic nitrogens is 9. The third kappa shape index (κ3) is 32.6. The number of nitrogens with zero attached hydrogens (tertiary/aromatic N) is 12. The smallest absolute Gasteiger partial charge is 0.305 e. The standard InChI is InChI=1S/C95H119N25O27S3/c1-47-38-148-40-65-76(115(7)112-109-65)92(145)118-44-119-46-120(45-118)94(147)78-67(111-114-117(78)9)42-150-43-68(107-83(136)49(3)99-84(137)54(32-53-20-15-19-52-18-13-14-21-57(52)53)33-69(122)58(26-28-72(125)126)100-88(141)62(35-71(96)124)102-82(135)48(2)98-81(47)134)91(144)101-59(27-29-73(127)128)85(138)105-63(36-74(129)130)89(142)104-60(30-50-16-11-10-12-17-50)86(139)103-61(31-51-22-24-56(121)25-23-51)87(140)106-64(37-75(131)132)90(143)108-79(95(4,5)6)70(123)34-55(80(97)133)39-149-41-66-77(93(119)146)116(8)113-110-66/h10-25,47-49,54-55,58-64,68,79,121H,26-46H2,1-9H3,(H2,96,124)(H2,97,133)(H,98,134)(H,99,137)(H,100,141)(H,101,144)(H,102,135)(H,103,139)(H,104,142)(H,105,138)(H,106,140)(H,107,136)(H,108,143)(H,125,126)(H,127,128)(H,129,130)(H,131,132)/t47-,48+,49+,54+,55-,58-,59-,60-,61-,62-,63-,64-,68+,79+/m0/s1. The highest BCUT2D eigenvalue weighted by atomic mass is 32.2. The van der Waals surface area contributed by atoms with Crippen LogP contribution in [0, 0.1) is 23.2 Å². The van der Waals surface area contributed by atoms with Gasteiger partial charge in [0.05, 0.1) is 57.3 Å². The first-order valence-electron chi connectivity index (χ1n) is 47.3. The van der Waals surface area contributed by atoms with Crippen LogP contribution >= 0.6 is 35.3 Å². The van der Waals surface area contributed by atoms with Crippen LogP contribution in [0.3, 0.4) is 0 Å². The van der Waals surface area contributed by atoms with Gasteiger partial charge >= 0.3 is 23.9 Å². The van der Waals surface area contributed by atoms with Gasteiger partial charge in [0.25, 0.3) is 17.7 Å². The second-order valence-corrected chi connectivity index (χ2v) is 40.5. The number of nitrogens with one attached hydrogen (secondary N) is 11. The summed E-state index contributed by atoms with van der Waals surface area (Å²) in [7, 11) is 4.01. The van der Waals surface area contributed by atoms with Gasteiger partial charge in [0.1, 0.15) is 94.3 Å². The van der Waals surface area contributed by atoms with Crippen molar-refractivity contribution in [3.63, 3.8) is 0 Å². The molecule has 3 aliphatic rings. The average Bonchev–Trinajstić information content (AvgIpc) is 1.58. The van der Waals surface area contributed by atoms with E-state index in [4.69, 9.17) is 11.5 Å². The van der Waals surface area contributed by atoms with Crippen molar-refractivity contribution in [2.45, 2.75) is 202 Å². The predicted octanol–water partition coefficient (Wildman–Crippen LogP) is -2.76. The van der Waals surface area contributed by atoms with Crippen LogP contribution in [0.4, 0.5) is 0 Å². The van der Waals surface area contributed by atoms with Crippen LogP contribution in [-0.4, -0.2) is 319 Å². The molecule has 20 N–H and O–H groups in total. The molecule has 16 amide bonds. The fourth-order valence-corrected chi connectivity index (χ4v) is 19.6. The molecule has 3 aromatic heterocycles. The monoisotopic (exact) mass is 2140 g/mol. The van der Waals surface area contributed by atoms with E-state index in [1.165, 1.54) is 104 Å². The lowest BCUT2D eigenvalue weighted by molar-refractivity contribution is -0.142. The number of rotatable bonds is 19. The van der Waals surface area contributed by atoms with Gasteiger partial charge in [-0.15, -0.1) is 15.3 Å². The molecule has 4 bridgehead atoms. The fourth-order valence-electron chi connectivity index (χ4n) is 16.5. The minimum absolute atomic E-state index is 0.00640. The van der Waals surface area contributed by atoms with E-state index in [0.29, 0.717) is 16.3 Å². The number of benzene rings is 4. The van der Waals surface area contributed by atoms with Gasteiger partial charge in [-0.3, -0.25) is 105 Å². The second kappa shape index (κ2) is 53.2. The van der Waals surface area contributed by atoms with Crippen LogP contribution in [0.2, 0.25) is 0 Å². The van der Waals surface area contributed by atoms with Gasteiger partial charge in [-0.05, 0) is 78.1 Å². The number of aryl methyl sites for hydroxylation is 3. The maximum atomic E-state index is 15.8. The maximum Gasteiger partial charge on any atom is 0.305 e. The third-order valence-electron chi connectivity index (χ3n) is 24.6. The molecule has 0 unspecified atom stereocenters. The lowest BCUT2D eigenvalue weighted by Gasteiger charge is -2.42. The number of Topliss-reactive ketones (excluding diaryl/α,β-unsaturated/α-hetero) is 2. The zero-order valence-corrected chi connectivity index (χ0v) is 85.6. The molecule has 10 rings (SSSR count). The summed E-state index contributed by atoms with van der Waals surface area (Å²) in [5, 5.41) is 105. The summed E-state index contributed by atoms with van der Waals surface area (Å²) in [6, 6.07) is 3.60. The summed E-state index contributed by atoms with van der Waals surface area (Å²) in [5.41, 5.74) is 10.2. The molecule has 3 aliphatic heterocycles. The minimum Gasteiger partial charge on any atom is -0.508 e. The molecule has 804 valence electrons. The maximum absolute atomic E-state index is 15.8. The molecule has 1 fully saturated rings. The van der Waals surface area contributed by atoms with E-state index in [9.17, 15) is 78.3 Å². The molecule has 4 aromatic carbocycles. The van der Waals surface area contributed by atoms with Crippen molar-refractivity contribution in [3.8, 4) is 5.75 Å². The van der Waals surface area contributed by atoms with Crippen molar-refractivity contribution >= 4 is 176 Å². The van der Waals surface area contributed by atoms with Gasteiger partial charge in [-0.25, -0.2) is 14.0 Å². The Hall–Kier alpha value is -15.9. The number of fused-ring (bicyclic) bond motifs is 8. The van der Waals surface area contributed by atoms with E-state index in [1.807, 2.05) is 0 Å². The van der Waals surface area contributed by atoms with Gasteiger partial charge in [-0.2, -0.15) is 35.3 Å². The number of carboxylic acid groups (broad SMARTS) is 4. The van der Waals surface area contributed by atoms with E-state index in [1.54, 1.807) is 48.5 Å². The molecule has 0 aliphatic carbocycles. The first kappa shape index (κ1) is 116. The number of amides is 16. The van der Waals surface area contributed by atoms with Gasteiger partial charge in [0, 0.05) is 106 Å². The minimum atomic E-state index is -2.30. The second-order valence-electron chi connectivity index (χ2n) is 37.5. The summed E-state index contributed by atoms with van der Waals surface area (Å²) in [5.74, 6) is -33.0.